The quantitative estimate of drug-likeness (QED) is 0.756. The average Bonchev–Trinajstić information content (AvgIpc) is 3.07. The predicted molar refractivity (Wildman–Crippen MR) is 101 cm³/mol. The molecule has 0 spiro atoms. The van der Waals surface area contributed by atoms with Crippen molar-refractivity contribution in [1.82, 2.24) is 19.2 Å². The van der Waals surface area contributed by atoms with Gasteiger partial charge in [0.05, 0.1) is 11.9 Å². The Balaban J connectivity index is 1.58. The molecule has 1 aliphatic heterocycles. The molecule has 0 aliphatic carbocycles. The normalized spacial score (nSPS) is 16.3. The molecule has 7 nitrogen and oxygen atoms in total. The van der Waals surface area contributed by atoms with E-state index in [4.69, 9.17) is 4.74 Å². The molecule has 8 heteroatoms. The monoisotopic (exact) mass is 376 g/mol. The number of amides is 2. The van der Waals surface area contributed by atoms with Crippen LogP contribution < -0.4 is 0 Å². The third-order valence-electron chi connectivity index (χ3n) is 4.03. The Morgan fingerprint density at radius 3 is 2.69 bits per heavy atom. The SMILES string of the molecule is CC(C)(C)OC(=O)N1CCCN(C(=O)/C=C/c2cnc3sccn23)CC1. The highest BCUT2D eigenvalue weighted by molar-refractivity contribution is 7.15. The van der Waals surface area contributed by atoms with Crippen molar-refractivity contribution in [1.29, 1.82) is 0 Å². The van der Waals surface area contributed by atoms with E-state index in [0.717, 1.165) is 17.1 Å². The van der Waals surface area contributed by atoms with Gasteiger partial charge in [-0.15, -0.1) is 11.3 Å². The third-order valence-corrected chi connectivity index (χ3v) is 4.80. The Hall–Kier alpha value is -2.35. The molecule has 0 saturated carbocycles. The number of nitrogens with zero attached hydrogens (tertiary/aromatic N) is 4. The number of thiazole rings is 1. The first-order valence-electron chi connectivity index (χ1n) is 8.69. The molecule has 0 unspecified atom stereocenters. The Labute approximate surface area is 156 Å². The second-order valence-electron chi connectivity index (χ2n) is 7.22. The number of carbonyl (C=O) groups excluding carboxylic acids is 2. The molecule has 2 amide bonds. The zero-order chi connectivity index (χ0) is 18.7. The van der Waals surface area contributed by atoms with Crippen LogP contribution in [0.15, 0.2) is 23.8 Å². The van der Waals surface area contributed by atoms with Gasteiger partial charge in [-0.2, -0.15) is 0 Å². The fourth-order valence-corrected chi connectivity index (χ4v) is 3.48. The van der Waals surface area contributed by atoms with E-state index in [1.807, 2.05) is 36.7 Å². The summed E-state index contributed by atoms with van der Waals surface area (Å²) in [4.78, 5) is 33.3. The zero-order valence-corrected chi connectivity index (χ0v) is 16.2. The summed E-state index contributed by atoms with van der Waals surface area (Å²) in [6, 6.07) is 0. The van der Waals surface area contributed by atoms with Gasteiger partial charge in [0.15, 0.2) is 4.96 Å². The van der Waals surface area contributed by atoms with E-state index in [1.54, 1.807) is 39.5 Å². The minimum Gasteiger partial charge on any atom is -0.444 e. The first-order chi connectivity index (χ1) is 12.3. The Morgan fingerprint density at radius 2 is 1.92 bits per heavy atom. The number of hydrogen-bond donors (Lipinski definition) is 0. The van der Waals surface area contributed by atoms with Crippen molar-refractivity contribution in [3.05, 3.63) is 29.5 Å². The number of ether oxygens (including phenoxy) is 1. The van der Waals surface area contributed by atoms with E-state index in [0.29, 0.717) is 26.2 Å². The smallest absolute Gasteiger partial charge is 0.410 e. The molecule has 3 heterocycles. The van der Waals surface area contributed by atoms with E-state index >= 15 is 0 Å². The summed E-state index contributed by atoms with van der Waals surface area (Å²) in [5.41, 5.74) is 0.361. The van der Waals surface area contributed by atoms with Crippen LogP contribution in [-0.4, -0.2) is 63.0 Å². The number of rotatable bonds is 2. The van der Waals surface area contributed by atoms with Crippen molar-refractivity contribution in [2.45, 2.75) is 32.8 Å². The fourth-order valence-electron chi connectivity index (χ4n) is 2.78. The Kier molecular flexibility index (Phi) is 5.31. The number of carbonyl (C=O) groups is 2. The Bertz CT molecular complexity index is 818. The summed E-state index contributed by atoms with van der Waals surface area (Å²) in [7, 11) is 0. The first-order valence-corrected chi connectivity index (χ1v) is 9.57. The number of imidazole rings is 1. The molecule has 2 aromatic rings. The van der Waals surface area contributed by atoms with Gasteiger partial charge in [-0.05, 0) is 33.3 Å². The van der Waals surface area contributed by atoms with Gasteiger partial charge in [-0.25, -0.2) is 9.78 Å². The molecule has 0 N–H and O–H groups in total. The van der Waals surface area contributed by atoms with Gasteiger partial charge in [-0.1, -0.05) is 0 Å². The van der Waals surface area contributed by atoms with Crippen LogP contribution in [0.4, 0.5) is 4.79 Å². The van der Waals surface area contributed by atoms with E-state index in [-0.39, 0.29) is 12.0 Å². The average molecular weight is 376 g/mol. The van der Waals surface area contributed by atoms with Crippen LogP contribution >= 0.6 is 11.3 Å². The molecular formula is C18H24N4O3S. The largest absolute Gasteiger partial charge is 0.444 e. The maximum atomic E-state index is 12.5. The summed E-state index contributed by atoms with van der Waals surface area (Å²) in [6.07, 6.45) is 7.46. The van der Waals surface area contributed by atoms with Gasteiger partial charge < -0.3 is 14.5 Å². The van der Waals surface area contributed by atoms with Crippen LogP contribution in [0.2, 0.25) is 0 Å². The van der Waals surface area contributed by atoms with Gasteiger partial charge in [0.1, 0.15) is 5.60 Å². The maximum absolute atomic E-state index is 12.5. The molecule has 140 valence electrons. The van der Waals surface area contributed by atoms with E-state index in [9.17, 15) is 9.59 Å². The summed E-state index contributed by atoms with van der Waals surface area (Å²) in [5, 5.41) is 1.96. The molecule has 3 rings (SSSR count). The van der Waals surface area contributed by atoms with Crippen LogP contribution in [0.3, 0.4) is 0 Å². The van der Waals surface area contributed by atoms with Crippen molar-refractivity contribution in [2.75, 3.05) is 26.2 Å². The number of aromatic nitrogens is 2. The van der Waals surface area contributed by atoms with Crippen molar-refractivity contribution >= 4 is 34.4 Å². The second kappa shape index (κ2) is 7.49. The minimum absolute atomic E-state index is 0.0544. The minimum atomic E-state index is -0.514. The fraction of sp³-hybridized carbons (Fsp3) is 0.500. The van der Waals surface area contributed by atoms with Crippen LogP contribution in [0.1, 0.15) is 32.9 Å². The first kappa shape index (κ1) is 18.4. The molecule has 0 aromatic carbocycles. The van der Waals surface area contributed by atoms with Crippen LogP contribution in [0.25, 0.3) is 11.0 Å². The molecular weight excluding hydrogens is 352 g/mol. The zero-order valence-electron chi connectivity index (χ0n) is 15.3. The highest BCUT2D eigenvalue weighted by atomic mass is 32.1. The molecule has 26 heavy (non-hydrogen) atoms. The molecule has 1 fully saturated rings. The lowest BCUT2D eigenvalue weighted by molar-refractivity contribution is -0.125. The number of hydrogen-bond acceptors (Lipinski definition) is 5. The standard InChI is InChI=1S/C18H24N4O3S/c1-18(2,3)25-17(24)21-8-4-7-20(9-10-21)15(23)6-5-14-13-19-16-22(14)11-12-26-16/h5-6,11-13H,4,7-10H2,1-3H3/b6-5+. The second-order valence-corrected chi connectivity index (χ2v) is 8.09. The van der Waals surface area contributed by atoms with Crippen molar-refractivity contribution in [3.8, 4) is 0 Å². The highest BCUT2D eigenvalue weighted by Gasteiger charge is 2.25. The molecule has 1 saturated heterocycles. The topological polar surface area (TPSA) is 67.2 Å². The van der Waals surface area contributed by atoms with E-state index in [2.05, 4.69) is 4.98 Å². The van der Waals surface area contributed by atoms with Crippen molar-refractivity contribution in [3.63, 3.8) is 0 Å². The summed E-state index contributed by atoms with van der Waals surface area (Å²) in [5.74, 6) is -0.0544. The van der Waals surface area contributed by atoms with E-state index < -0.39 is 5.60 Å². The van der Waals surface area contributed by atoms with Gasteiger partial charge in [0.25, 0.3) is 0 Å². The Morgan fingerprint density at radius 1 is 1.19 bits per heavy atom. The van der Waals surface area contributed by atoms with Gasteiger partial charge in [-0.3, -0.25) is 9.20 Å². The number of fused-ring (bicyclic) bond motifs is 1. The van der Waals surface area contributed by atoms with Crippen molar-refractivity contribution < 1.29 is 14.3 Å². The molecule has 1 aliphatic rings. The van der Waals surface area contributed by atoms with Gasteiger partial charge in [0, 0.05) is 43.8 Å². The molecule has 0 bridgehead atoms. The summed E-state index contributed by atoms with van der Waals surface area (Å²) >= 11 is 1.55. The van der Waals surface area contributed by atoms with Crippen LogP contribution in [-0.2, 0) is 9.53 Å². The van der Waals surface area contributed by atoms with Gasteiger partial charge >= 0.3 is 6.09 Å². The van der Waals surface area contributed by atoms with Crippen LogP contribution in [0.5, 0.6) is 0 Å². The molecule has 0 atom stereocenters. The lowest BCUT2D eigenvalue weighted by atomic mass is 10.2. The molecule has 2 aromatic heterocycles. The van der Waals surface area contributed by atoms with Gasteiger partial charge in [0.2, 0.25) is 5.91 Å². The summed E-state index contributed by atoms with van der Waals surface area (Å²) in [6.45, 7) is 7.76. The highest BCUT2D eigenvalue weighted by Crippen LogP contribution is 2.15. The lowest BCUT2D eigenvalue weighted by Gasteiger charge is -2.26. The predicted octanol–water partition coefficient (Wildman–Crippen LogP) is 2.88. The summed E-state index contributed by atoms with van der Waals surface area (Å²) < 4.78 is 7.36. The molecule has 0 radical (unpaired) electrons. The van der Waals surface area contributed by atoms with Crippen molar-refractivity contribution in [2.24, 2.45) is 0 Å². The van der Waals surface area contributed by atoms with E-state index in [1.165, 1.54) is 0 Å². The van der Waals surface area contributed by atoms with Crippen LogP contribution in [0, 0.1) is 0 Å². The lowest BCUT2D eigenvalue weighted by Crippen LogP contribution is -2.39. The third kappa shape index (κ3) is 4.43. The maximum Gasteiger partial charge on any atom is 0.410 e.